The zero-order valence-electron chi connectivity index (χ0n) is 18.7. The number of methoxy groups -OCH3 is 1. The van der Waals surface area contributed by atoms with Crippen LogP contribution in [0.3, 0.4) is 0 Å². The number of ether oxygens (including phenoxy) is 2. The first-order valence-electron chi connectivity index (χ1n) is 11.1. The molecule has 2 amide bonds. The fraction of sp³-hybridized carbons (Fsp3) is 0.185. The van der Waals surface area contributed by atoms with Crippen molar-refractivity contribution in [2.75, 3.05) is 12.0 Å². The maximum absolute atomic E-state index is 13.9. The molecule has 36 heavy (non-hydrogen) atoms. The summed E-state index contributed by atoms with van der Waals surface area (Å²) in [6.45, 7) is 0. The highest BCUT2D eigenvalue weighted by atomic mass is 35.5. The molecule has 180 valence electrons. The van der Waals surface area contributed by atoms with E-state index in [-0.39, 0.29) is 16.8 Å². The first kappa shape index (κ1) is 22.9. The Morgan fingerprint density at radius 2 is 1.44 bits per heavy atom. The molecule has 2 fully saturated rings. The molecule has 1 aliphatic carbocycles. The smallest absolute Gasteiger partial charge is 0.241 e. The Hall–Kier alpha value is -3.52. The van der Waals surface area contributed by atoms with Crippen LogP contribution in [0, 0.1) is 11.8 Å². The molecule has 3 aliphatic rings. The molecule has 1 spiro atoms. The van der Waals surface area contributed by atoms with Crippen LogP contribution in [0.4, 0.5) is 5.69 Å². The van der Waals surface area contributed by atoms with Crippen molar-refractivity contribution in [1.82, 2.24) is 0 Å². The third-order valence-corrected chi connectivity index (χ3v) is 7.59. The standard InChI is InChI=1S/C27H17Cl2NO6/c1-35-19-11-8-14(29)12-18(19)22-20-21(26(34)30(25(20)33)15-9-6-13(28)7-10-15)27(36-22)23(31)16-4-2-3-5-17(16)24(27)32/h2-12,20-22H,1H3/t20-,21-,22+/m0/s1. The van der Waals surface area contributed by atoms with Gasteiger partial charge in [0.05, 0.1) is 24.6 Å². The lowest BCUT2D eigenvalue weighted by molar-refractivity contribution is -0.127. The van der Waals surface area contributed by atoms with Gasteiger partial charge in [-0.25, -0.2) is 4.90 Å². The number of halogens is 2. The number of amides is 2. The summed E-state index contributed by atoms with van der Waals surface area (Å²) in [5.74, 6) is -4.75. The lowest BCUT2D eigenvalue weighted by Crippen LogP contribution is -2.51. The molecule has 2 heterocycles. The highest BCUT2D eigenvalue weighted by molar-refractivity contribution is 6.37. The van der Waals surface area contributed by atoms with Gasteiger partial charge in [0, 0.05) is 26.7 Å². The molecular weight excluding hydrogens is 505 g/mol. The Bertz CT molecular complexity index is 1450. The average Bonchev–Trinajstić information content (AvgIpc) is 3.45. The van der Waals surface area contributed by atoms with E-state index in [1.54, 1.807) is 42.5 Å². The minimum absolute atomic E-state index is 0.158. The van der Waals surface area contributed by atoms with Gasteiger partial charge in [0.2, 0.25) is 29.0 Å². The van der Waals surface area contributed by atoms with E-state index >= 15 is 0 Å². The molecule has 0 aromatic heterocycles. The van der Waals surface area contributed by atoms with Crippen molar-refractivity contribution < 1.29 is 28.7 Å². The van der Waals surface area contributed by atoms with Gasteiger partial charge < -0.3 is 9.47 Å². The van der Waals surface area contributed by atoms with Gasteiger partial charge in [-0.3, -0.25) is 19.2 Å². The number of benzene rings is 3. The molecule has 3 aromatic rings. The van der Waals surface area contributed by atoms with Crippen LogP contribution < -0.4 is 9.64 Å². The molecule has 2 aliphatic heterocycles. The largest absolute Gasteiger partial charge is 0.496 e. The van der Waals surface area contributed by atoms with E-state index in [2.05, 4.69) is 0 Å². The van der Waals surface area contributed by atoms with Crippen molar-refractivity contribution in [2.45, 2.75) is 11.7 Å². The number of ketones is 2. The number of hydrogen-bond donors (Lipinski definition) is 0. The Kier molecular flexibility index (Phi) is 5.09. The number of Topliss-reactive ketones (excluding diaryl/α,β-unsaturated/α-hetero) is 2. The number of carbonyl (C=O) groups is 4. The molecular formula is C27H17Cl2NO6. The topological polar surface area (TPSA) is 90.0 Å². The molecule has 2 saturated heterocycles. The number of imide groups is 1. The molecule has 0 unspecified atom stereocenters. The number of fused-ring (bicyclic) bond motifs is 3. The number of carbonyl (C=O) groups excluding carboxylic acids is 4. The normalized spacial score (nSPS) is 24.0. The third-order valence-electron chi connectivity index (χ3n) is 7.10. The number of hydrogen-bond acceptors (Lipinski definition) is 6. The third kappa shape index (κ3) is 2.91. The summed E-state index contributed by atoms with van der Waals surface area (Å²) in [7, 11) is 1.44. The van der Waals surface area contributed by atoms with Crippen LogP contribution in [-0.4, -0.2) is 36.1 Å². The lowest BCUT2D eigenvalue weighted by atomic mass is 9.77. The summed E-state index contributed by atoms with van der Waals surface area (Å²) in [6.07, 6.45) is -1.14. The molecule has 6 rings (SSSR count). The van der Waals surface area contributed by atoms with E-state index in [9.17, 15) is 19.2 Å². The van der Waals surface area contributed by atoms with Crippen LogP contribution >= 0.6 is 23.2 Å². The molecule has 0 radical (unpaired) electrons. The SMILES string of the molecule is COc1ccc(Cl)cc1[C@H]1OC2(C(=O)c3ccccc3C2=O)[C@@H]2C(=O)N(c3ccc(Cl)cc3)C(=O)[C@H]12. The Morgan fingerprint density at radius 3 is 2.06 bits per heavy atom. The highest BCUT2D eigenvalue weighted by Gasteiger charge is 2.75. The zero-order chi connectivity index (χ0) is 25.4. The molecule has 0 bridgehead atoms. The lowest BCUT2D eigenvalue weighted by Gasteiger charge is -2.27. The molecule has 9 heteroatoms. The predicted molar refractivity (Wildman–Crippen MR) is 131 cm³/mol. The van der Waals surface area contributed by atoms with Gasteiger partial charge in [0.1, 0.15) is 11.9 Å². The number of anilines is 1. The molecule has 3 aromatic carbocycles. The van der Waals surface area contributed by atoms with E-state index in [0.717, 1.165) is 4.90 Å². The molecule has 7 nitrogen and oxygen atoms in total. The van der Waals surface area contributed by atoms with Gasteiger partial charge in [0.15, 0.2) is 0 Å². The summed E-state index contributed by atoms with van der Waals surface area (Å²) >= 11 is 12.3. The van der Waals surface area contributed by atoms with Crippen LogP contribution in [0.1, 0.15) is 32.4 Å². The molecule has 0 saturated carbocycles. The van der Waals surface area contributed by atoms with Crippen molar-refractivity contribution in [3.63, 3.8) is 0 Å². The second-order valence-corrected chi connectivity index (χ2v) is 9.73. The van der Waals surface area contributed by atoms with Crippen LogP contribution in [0.25, 0.3) is 0 Å². The Morgan fingerprint density at radius 1 is 0.833 bits per heavy atom. The average molecular weight is 522 g/mol. The van der Waals surface area contributed by atoms with Gasteiger partial charge in [0.25, 0.3) is 0 Å². The van der Waals surface area contributed by atoms with E-state index in [1.807, 2.05) is 0 Å². The van der Waals surface area contributed by atoms with E-state index < -0.39 is 46.9 Å². The second-order valence-electron chi connectivity index (χ2n) is 8.86. The number of nitrogens with zero attached hydrogens (tertiary/aromatic N) is 1. The molecule has 3 atom stereocenters. The Balaban J connectivity index is 1.57. The minimum atomic E-state index is -2.18. The van der Waals surface area contributed by atoms with E-state index in [0.29, 0.717) is 21.4 Å². The van der Waals surface area contributed by atoms with Crippen molar-refractivity contribution in [3.05, 3.63) is 93.5 Å². The predicted octanol–water partition coefficient (Wildman–Crippen LogP) is 4.70. The van der Waals surface area contributed by atoms with E-state index in [4.69, 9.17) is 32.7 Å². The first-order valence-corrected chi connectivity index (χ1v) is 11.9. The summed E-state index contributed by atoms with van der Waals surface area (Å²) in [5, 5.41) is 0.765. The van der Waals surface area contributed by atoms with Gasteiger partial charge in [-0.2, -0.15) is 0 Å². The monoisotopic (exact) mass is 521 g/mol. The highest BCUT2D eigenvalue weighted by Crippen LogP contribution is 2.58. The Labute approximate surface area is 215 Å². The fourth-order valence-corrected chi connectivity index (χ4v) is 5.88. The minimum Gasteiger partial charge on any atom is -0.496 e. The zero-order valence-corrected chi connectivity index (χ0v) is 20.2. The van der Waals surface area contributed by atoms with Crippen molar-refractivity contribution in [3.8, 4) is 5.75 Å². The quantitative estimate of drug-likeness (QED) is 0.366. The van der Waals surface area contributed by atoms with Gasteiger partial charge in [-0.15, -0.1) is 0 Å². The summed E-state index contributed by atoms with van der Waals surface area (Å²) in [6, 6.07) is 17.3. The van der Waals surface area contributed by atoms with Crippen LogP contribution in [-0.2, 0) is 14.3 Å². The van der Waals surface area contributed by atoms with Crippen molar-refractivity contribution in [2.24, 2.45) is 11.8 Å². The van der Waals surface area contributed by atoms with Crippen LogP contribution in [0.2, 0.25) is 10.0 Å². The maximum atomic E-state index is 13.9. The maximum Gasteiger partial charge on any atom is 0.241 e. The fourth-order valence-electron chi connectivity index (χ4n) is 5.57. The van der Waals surface area contributed by atoms with Crippen molar-refractivity contribution >= 4 is 52.3 Å². The van der Waals surface area contributed by atoms with Gasteiger partial charge in [-0.05, 0) is 42.5 Å². The van der Waals surface area contributed by atoms with E-state index in [1.165, 1.54) is 31.4 Å². The summed E-state index contributed by atoms with van der Waals surface area (Å²) in [5.41, 5.74) is -1.21. The van der Waals surface area contributed by atoms with Gasteiger partial charge >= 0.3 is 0 Å². The first-order chi connectivity index (χ1) is 17.3. The van der Waals surface area contributed by atoms with Crippen molar-refractivity contribution in [1.29, 1.82) is 0 Å². The second kappa shape index (κ2) is 8.00. The number of rotatable bonds is 3. The molecule has 0 N–H and O–H groups in total. The summed E-state index contributed by atoms with van der Waals surface area (Å²) in [4.78, 5) is 56.4. The summed E-state index contributed by atoms with van der Waals surface area (Å²) < 4.78 is 11.8. The van der Waals surface area contributed by atoms with Crippen LogP contribution in [0.5, 0.6) is 5.75 Å². The van der Waals surface area contributed by atoms with Gasteiger partial charge in [-0.1, -0.05) is 47.5 Å². The van der Waals surface area contributed by atoms with Crippen LogP contribution in [0.15, 0.2) is 66.7 Å².